The van der Waals surface area contributed by atoms with Crippen molar-refractivity contribution < 1.29 is 19.4 Å². The van der Waals surface area contributed by atoms with Crippen molar-refractivity contribution in [2.24, 2.45) is 5.92 Å². The maximum absolute atomic E-state index is 11.7. The van der Waals surface area contributed by atoms with Gasteiger partial charge in [0.05, 0.1) is 6.61 Å². The lowest BCUT2D eigenvalue weighted by atomic mass is 10.0. The zero-order chi connectivity index (χ0) is 12.7. The lowest BCUT2D eigenvalue weighted by Crippen LogP contribution is -2.44. The molecule has 0 radical (unpaired) electrons. The van der Waals surface area contributed by atoms with Crippen LogP contribution in [0.5, 0.6) is 0 Å². The van der Waals surface area contributed by atoms with Crippen molar-refractivity contribution in [1.82, 2.24) is 10.2 Å². The van der Waals surface area contributed by atoms with E-state index in [1.165, 1.54) is 4.90 Å². The van der Waals surface area contributed by atoms with E-state index >= 15 is 0 Å². The minimum atomic E-state index is -0.997. The number of carboxylic acids is 1. The first kappa shape index (κ1) is 13.8. The third-order valence-electron chi connectivity index (χ3n) is 2.79. The molecular weight excluding hydrogens is 224 g/mol. The molecule has 0 aliphatic carbocycles. The number of ether oxygens (including phenoxy) is 1. The molecule has 2 amide bonds. The van der Waals surface area contributed by atoms with Gasteiger partial charge in [0.2, 0.25) is 0 Å². The van der Waals surface area contributed by atoms with Crippen LogP contribution in [0.25, 0.3) is 0 Å². The smallest absolute Gasteiger partial charge is 0.323 e. The van der Waals surface area contributed by atoms with Crippen LogP contribution in [0.15, 0.2) is 0 Å². The van der Waals surface area contributed by atoms with Gasteiger partial charge < -0.3 is 20.1 Å². The predicted molar refractivity (Wildman–Crippen MR) is 61.8 cm³/mol. The number of carbonyl (C=O) groups is 2. The topological polar surface area (TPSA) is 78.9 Å². The summed E-state index contributed by atoms with van der Waals surface area (Å²) in [5.41, 5.74) is 0. The van der Waals surface area contributed by atoms with Gasteiger partial charge >= 0.3 is 12.0 Å². The minimum absolute atomic E-state index is 0.260. The SMILES string of the molecule is CCN(CC(=O)O)C(=O)NCC1CCCOC1. The number of hydrogen-bond donors (Lipinski definition) is 2. The molecule has 1 fully saturated rings. The summed E-state index contributed by atoms with van der Waals surface area (Å²) in [6.07, 6.45) is 2.07. The van der Waals surface area contributed by atoms with Crippen molar-refractivity contribution in [3.8, 4) is 0 Å². The van der Waals surface area contributed by atoms with Crippen LogP contribution in [0.1, 0.15) is 19.8 Å². The van der Waals surface area contributed by atoms with Crippen molar-refractivity contribution in [3.05, 3.63) is 0 Å². The van der Waals surface area contributed by atoms with E-state index in [0.29, 0.717) is 25.6 Å². The van der Waals surface area contributed by atoms with Gasteiger partial charge in [0.15, 0.2) is 0 Å². The van der Waals surface area contributed by atoms with Crippen LogP contribution >= 0.6 is 0 Å². The second-order valence-corrected chi connectivity index (χ2v) is 4.18. The molecule has 2 N–H and O–H groups in total. The molecule has 0 aromatic carbocycles. The van der Waals surface area contributed by atoms with E-state index in [0.717, 1.165) is 19.4 Å². The second kappa shape index (κ2) is 7.11. The first-order chi connectivity index (χ1) is 8.13. The fraction of sp³-hybridized carbons (Fsp3) is 0.818. The molecule has 17 heavy (non-hydrogen) atoms. The molecule has 0 aromatic heterocycles. The first-order valence-electron chi connectivity index (χ1n) is 5.95. The van der Waals surface area contributed by atoms with Gasteiger partial charge in [-0.05, 0) is 25.7 Å². The van der Waals surface area contributed by atoms with Gasteiger partial charge in [-0.25, -0.2) is 4.79 Å². The Kier molecular flexibility index (Phi) is 5.76. The summed E-state index contributed by atoms with van der Waals surface area (Å²) >= 11 is 0. The highest BCUT2D eigenvalue weighted by molar-refractivity contribution is 5.79. The van der Waals surface area contributed by atoms with Crippen LogP contribution in [0.3, 0.4) is 0 Å². The number of nitrogens with one attached hydrogen (secondary N) is 1. The van der Waals surface area contributed by atoms with Gasteiger partial charge in [-0.3, -0.25) is 4.79 Å². The van der Waals surface area contributed by atoms with Gasteiger partial charge in [-0.2, -0.15) is 0 Å². The fourth-order valence-electron chi connectivity index (χ4n) is 1.80. The quantitative estimate of drug-likeness (QED) is 0.739. The van der Waals surface area contributed by atoms with Gasteiger partial charge in [-0.15, -0.1) is 0 Å². The zero-order valence-electron chi connectivity index (χ0n) is 10.1. The summed E-state index contributed by atoms with van der Waals surface area (Å²) < 4.78 is 5.31. The molecule has 1 aliphatic rings. The lowest BCUT2D eigenvalue weighted by Gasteiger charge is -2.24. The average Bonchev–Trinajstić information content (AvgIpc) is 2.34. The molecular formula is C11H20N2O4. The highest BCUT2D eigenvalue weighted by Gasteiger charge is 2.18. The van der Waals surface area contributed by atoms with Crippen LogP contribution in [0, 0.1) is 5.92 Å². The molecule has 0 saturated carbocycles. The van der Waals surface area contributed by atoms with E-state index in [2.05, 4.69) is 5.32 Å². The van der Waals surface area contributed by atoms with E-state index < -0.39 is 5.97 Å². The summed E-state index contributed by atoms with van der Waals surface area (Å²) in [4.78, 5) is 23.5. The highest BCUT2D eigenvalue weighted by atomic mass is 16.5. The Bertz CT molecular complexity index is 264. The molecule has 1 unspecified atom stereocenters. The number of urea groups is 1. The van der Waals surface area contributed by atoms with E-state index in [1.54, 1.807) is 6.92 Å². The molecule has 1 rings (SSSR count). The molecule has 6 heteroatoms. The van der Waals surface area contributed by atoms with Crippen LogP contribution in [0.2, 0.25) is 0 Å². The molecule has 0 spiro atoms. The number of amides is 2. The van der Waals surface area contributed by atoms with E-state index in [1.807, 2.05) is 0 Å². The number of aliphatic carboxylic acids is 1. The third kappa shape index (κ3) is 5.04. The van der Waals surface area contributed by atoms with Gasteiger partial charge in [-0.1, -0.05) is 0 Å². The summed E-state index contributed by atoms with van der Waals surface area (Å²) in [5.74, 6) is -0.653. The third-order valence-corrected chi connectivity index (χ3v) is 2.79. The number of rotatable bonds is 5. The lowest BCUT2D eigenvalue weighted by molar-refractivity contribution is -0.137. The van der Waals surface area contributed by atoms with E-state index in [4.69, 9.17) is 9.84 Å². The predicted octanol–water partition coefficient (Wildman–Crippen LogP) is 0.529. The van der Waals surface area contributed by atoms with Crippen LogP contribution in [-0.2, 0) is 9.53 Å². The summed E-state index contributed by atoms with van der Waals surface area (Å²) in [6, 6.07) is -0.319. The van der Waals surface area contributed by atoms with Crippen LogP contribution < -0.4 is 5.32 Å². The van der Waals surface area contributed by atoms with Gasteiger partial charge in [0.25, 0.3) is 0 Å². The molecule has 6 nitrogen and oxygen atoms in total. The van der Waals surface area contributed by atoms with Crippen LogP contribution in [-0.4, -0.2) is 54.9 Å². The fourth-order valence-corrected chi connectivity index (χ4v) is 1.80. The summed E-state index contributed by atoms with van der Waals surface area (Å²) in [6.45, 7) is 3.90. The maximum Gasteiger partial charge on any atom is 0.323 e. The Morgan fingerprint density at radius 3 is 2.82 bits per heavy atom. The Morgan fingerprint density at radius 2 is 2.29 bits per heavy atom. The summed E-state index contributed by atoms with van der Waals surface area (Å²) in [7, 11) is 0. The molecule has 98 valence electrons. The standard InChI is InChI=1S/C11H20N2O4/c1-2-13(7-10(14)15)11(16)12-6-9-4-3-5-17-8-9/h9H,2-8H2,1H3,(H,12,16)(H,14,15). The Balaban J connectivity index is 2.28. The number of nitrogens with zero attached hydrogens (tertiary/aromatic N) is 1. The Morgan fingerprint density at radius 1 is 1.53 bits per heavy atom. The van der Waals surface area contributed by atoms with Crippen molar-refractivity contribution in [1.29, 1.82) is 0 Å². The van der Waals surface area contributed by atoms with Crippen molar-refractivity contribution in [2.75, 3.05) is 32.8 Å². The molecule has 1 aliphatic heterocycles. The molecule has 0 aromatic rings. The van der Waals surface area contributed by atoms with Crippen molar-refractivity contribution in [2.45, 2.75) is 19.8 Å². The second-order valence-electron chi connectivity index (χ2n) is 4.18. The monoisotopic (exact) mass is 244 g/mol. The van der Waals surface area contributed by atoms with Gasteiger partial charge in [0, 0.05) is 19.7 Å². The molecule has 0 bridgehead atoms. The van der Waals surface area contributed by atoms with Crippen molar-refractivity contribution in [3.63, 3.8) is 0 Å². The van der Waals surface area contributed by atoms with Crippen molar-refractivity contribution >= 4 is 12.0 Å². The molecule has 1 saturated heterocycles. The zero-order valence-corrected chi connectivity index (χ0v) is 10.1. The first-order valence-corrected chi connectivity index (χ1v) is 5.95. The Hall–Kier alpha value is -1.30. The average molecular weight is 244 g/mol. The van der Waals surface area contributed by atoms with E-state index in [-0.39, 0.29) is 12.6 Å². The number of hydrogen-bond acceptors (Lipinski definition) is 3. The van der Waals surface area contributed by atoms with E-state index in [9.17, 15) is 9.59 Å². The molecule has 1 heterocycles. The Labute approximate surface area is 101 Å². The van der Waals surface area contributed by atoms with Gasteiger partial charge in [0.1, 0.15) is 6.54 Å². The number of carbonyl (C=O) groups excluding carboxylic acids is 1. The number of carboxylic acid groups (broad SMARTS) is 1. The normalized spacial score (nSPS) is 19.7. The largest absolute Gasteiger partial charge is 0.480 e. The minimum Gasteiger partial charge on any atom is -0.480 e. The molecule has 1 atom stereocenters. The number of likely N-dealkylation sites (N-methyl/N-ethyl adjacent to an activating group) is 1. The summed E-state index contributed by atoms with van der Waals surface area (Å²) in [5, 5.41) is 11.4. The maximum atomic E-state index is 11.7. The van der Waals surface area contributed by atoms with Crippen LogP contribution in [0.4, 0.5) is 4.79 Å². The highest BCUT2D eigenvalue weighted by Crippen LogP contribution is 2.12.